The van der Waals surface area contributed by atoms with Gasteiger partial charge in [-0.2, -0.15) is 0 Å². The fraction of sp³-hybridized carbons (Fsp3) is 0.250. The van der Waals surface area contributed by atoms with Gasteiger partial charge in [-0.15, -0.1) is 10.2 Å². The fourth-order valence-corrected chi connectivity index (χ4v) is 2.33. The van der Waals surface area contributed by atoms with Crippen molar-refractivity contribution in [2.24, 2.45) is 0 Å². The molecule has 2 rings (SSSR count). The molecule has 7 heteroatoms. The van der Waals surface area contributed by atoms with Crippen LogP contribution in [0.15, 0.2) is 18.2 Å². The molecule has 19 heavy (non-hydrogen) atoms. The number of carbonyl (C=O) groups excluding carboxylic acids is 1. The second-order valence-corrected chi connectivity index (χ2v) is 4.64. The molecule has 2 aromatic rings. The van der Waals surface area contributed by atoms with Crippen molar-refractivity contribution >= 4 is 22.4 Å². The molecular weight excluding hydrogens is 266 g/mol. The summed E-state index contributed by atoms with van der Waals surface area (Å²) >= 11 is 1.28. The number of rotatable bonds is 4. The van der Waals surface area contributed by atoms with Gasteiger partial charge in [-0.1, -0.05) is 11.3 Å². The van der Waals surface area contributed by atoms with Crippen molar-refractivity contribution in [1.29, 1.82) is 0 Å². The summed E-state index contributed by atoms with van der Waals surface area (Å²) < 4.78 is 10.4. The lowest BCUT2D eigenvalue weighted by atomic mass is 10.2. The summed E-state index contributed by atoms with van der Waals surface area (Å²) in [6, 6.07) is 5.43. The number of ether oxygens (including phenoxy) is 2. The first-order valence-corrected chi connectivity index (χ1v) is 6.29. The van der Waals surface area contributed by atoms with E-state index in [4.69, 9.17) is 9.47 Å². The maximum Gasteiger partial charge on any atom is 0.223 e. The Kier molecular flexibility index (Phi) is 3.96. The second-order valence-electron chi connectivity index (χ2n) is 3.66. The molecule has 1 amide bonds. The lowest BCUT2D eigenvalue weighted by Gasteiger charge is -2.07. The molecule has 0 aliphatic heterocycles. The number of anilines is 1. The Morgan fingerprint density at radius 1 is 1.26 bits per heavy atom. The van der Waals surface area contributed by atoms with Crippen LogP contribution in [0.25, 0.3) is 10.6 Å². The maximum absolute atomic E-state index is 11.0. The summed E-state index contributed by atoms with van der Waals surface area (Å²) in [6.45, 7) is 1.43. The quantitative estimate of drug-likeness (QED) is 0.928. The molecule has 0 aliphatic carbocycles. The van der Waals surface area contributed by atoms with Gasteiger partial charge in [0.15, 0.2) is 5.01 Å². The Hall–Kier alpha value is -2.15. The lowest BCUT2D eigenvalue weighted by molar-refractivity contribution is -0.114. The Morgan fingerprint density at radius 2 is 2.05 bits per heavy atom. The summed E-state index contributed by atoms with van der Waals surface area (Å²) in [4.78, 5) is 11.0. The van der Waals surface area contributed by atoms with Crippen molar-refractivity contribution < 1.29 is 14.3 Å². The molecule has 1 aromatic heterocycles. The maximum atomic E-state index is 11.0. The van der Waals surface area contributed by atoms with E-state index in [-0.39, 0.29) is 5.91 Å². The van der Waals surface area contributed by atoms with E-state index in [0.29, 0.717) is 21.6 Å². The third-order valence-corrected chi connectivity index (χ3v) is 3.22. The van der Waals surface area contributed by atoms with E-state index >= 15 is 0 Å². The Labute approximate surface area is 114 Å². The van der Waals surface area contributed by atoms with Gasteiger partial charge in [-0.3, -0.25) is 4.79 Å². The summed E-state index contributed by atoms with van der Waals surface area (Å²) in [5.74, 6) is 1.17. The van der Waals surface area contributed by atoms with Crippen LogP contribution in [-0.2, 0) is 4.79 Å². The first-order valence-electron chi connectivity index (χ1n) is 5.47. The second kappa shape index (κ2) is 5.66. The molecule has 0 spiro atoms. The number of methoxy groups -OCH3 is 2. The predicted octanol–water partition coefficient (Wildman–Crippen LogP) is 2.18. The summed E-state index contributed by atoms with van der Waals surface area (Å²) in [6.07, 6.45) is 0. The van der Waals surface area contributed by atoms with Gasteiger partial charge in [-0.25, -0.2) is 0 Å². The van der Waals surface area contributed by atoms with Gasteiger partial charge in [0.25, 0.3) is 0 Å². The number of benzene rings is 1. The van der Waals surface area contributed by atoms with E-state index in [1.807, 2.05) is 12.1 Å². The lowest BCUT2D eigenvalue weighted by Crippen LogP contribution is -2.04. The van der Waals surface area contributed by atoms with Crippen molar-refractivity contribution in [3.8, 4) is 22.1 Å². The van der Waals surface area contributed by atoms with Crippen LogP contribution in [-0.4, -0.2) is 30.3 Å². The van der Waals surface area contributed by atoms with E-state index in [1.54, 1.807) is 20.3 Å². The molecular formula is C12H13N3O3S. The van der Waals surface area contributed by atoms with Crippen molar-refractivity contribution in [2.45, 2.75) is 6.92 Å². The molecule has 0 unspecified atom stereocenters. The zero-order valence-corrected chi connectivity index (χ0v) is 11.6. The van der Waals surface area contributed by atoms with Gasteiger partial charge in [0.05, 0.1) is 19.8 Å². The van der Waals surface area contributed by atoms with E-state index < -0.39 is 0 Å². The van der Waals surface area contributed by atoms with E-state index in [2.05, 4.69) is 15.5 Å². The third-order valence-electron chi connectivity index (χ3n) is 2.35. The molecule has 6 nitrogen and oxygen atoms in total. The van der Waals surface area contributed by atoms with Crippen molar-refractivity contribution in [1.82, 2.24) is 10.2 Å². The first kappa shape index (κ1) is 13.3. The van der Waals surface area contributed by atoms with E-state index in [9.17, 15) is 4.79 Å². The van der Waals surface area contributed by atoms with Crippen molar-refractivity contribution in [3.63, 3.8) is 0 Å². The topological polar surface area (TPSA) is 73.3 Å². The standard InChI is InChI=1S/C12H13N3O3S/c1-7(16)13-12-15-14-11(19-12)9-5-4-8(17-2)6-10(9)18-3/h4-6H,1-3H3,(H,13,15,16). The number of aromatic nitrogens is 2. The summed E-state index contributed by atoms with van der Waals surface area (Å²) in [5.41, 5.74) is 0.803. The molecule has 0 aliphatic rings. The van der Waals surface area contributed by atoms with Crippen molar-refractivity contribution in [2.75, 3.05) is 19.5 Å². The molecule has 0 saturated heterocycles. The molecule has 1 heterocycles. The predicted molar refractivity (Wildman–Crippen MR) is 72.8 cm³/mol. The SMILES string of the molecule is COc1ccc(-c2nnc(NC(C)=O)s2)c(OC)c1. The van der Waals surface area contributed by atoms with Crippen LogP contribution >= 0.6 is 11.3 Å². The molecule has 100 valence electrons. The normalized spacial score (nSPS) is 10.1. The fourth-order valence-electron chi connectivity index (χ4n) is 1.51. The van der Waals surface area contributed by atoms with Gasteiger partial charge < -0.3 is 14.8 Å². The van der Waals surface area contributed by atoms with Gasteiger partial charge in [-0.05, 0) is 12.1 Å². The summed E-state index contributed by atoms with van der Waals surface area (Å²) in [5, 5.41) is 11.7. The minimum atomic E-state index is -0.176. The van der Waals surface area contributed by atoms with Gasteiger partial charge >= 0.3 is 0 Å². The van der Waals surface area contributed by atoms with Crippen LogP contribution in [0.3, 0.4) is 0 Å². The monoisotopic (exact) mass is 279 g/mol. The number of carbonyl (C=O) groups is 1. The molecule has 0 saturated carbocycles. The summed E-state index contributed by atoms with van der Waals surface area (Å²) in [7, 11) is 3.17. The highest BCUT2D eigenvalue weighted by molar-refractivity contribution is 7.18. The molecule has 1 N–H and O–H groups in total. The van der Waals surface area contributed by atoms with Crippen molar-refractivity contribution in [3.05, 3.63) is 18.2 Å². The van der Waals surface area contributed by atoms with Gasteiger partial charge in [0, 0.05) is 13.0 Å². The Balaban J connectivity index is 2.35. The first-order chi connectivity index (χ1) is 9.13. The molecule has 0 fully saturated rings. The zero-order valence-electron chi connectivity index (χ0n) is 10.8. The average Bonchev–Trinajstić information content (AvgIpc) is 2.85. The largest absolute Gasteiger partial charge is 0.497 e. The van der Waals surface area contributed by atoms with Crippen LogP contribution in [0.1, 0.15) is 6.92 Å². The highest BCUT2D eigenvalue weighted by Gasteiger charge is 2.13. The van der Waals surface area contributed by atoms with Crippen LogP contribution < -0.4 is 14.8 Å². The van der Waals surface area contributed by atoms with Crippen LogP contribution in [0.4, 0.5) is 5.13 Å². The number of nitrogens with zero attached hydrogens (tertiary/aromatic N) is 2. The highest BCUT2D eigenvalue weighted by Crippen LogP contribution is 2.35. The van der Waals surface area contributed by atoms with Gasteiger partial charge in [0.1, 0.15) is 11.5 Å². The molecule has 0 radical (unpaired) electrons. The minimum absolute atomic E-state index is 0.176. The average molecular weight is 279 g/mol. The Bertz CT molecular complexity index is 598. The molecule has 0 atom stereocenters. The van der Waals surface area contributed by atoms with Crippen LogP contribution in [0, 0.1) is 0 Å². The van der Waals surface area contributed by atoms with E-state index in [1.165, 1.54) is 18.3 Å². The van der Waals surface area contributed by atoms with Crippen LogP contribution in [0.2, 0.25) is 0 Å². The molecule has 0 bridgehead atoms. The highest BCUT2D eigenvalue weighted by atomic mass is 32.1. The molecule has 1 aromatic carbocycles. The van der Waals surface area contributed by atoms with Gasteiger partial charge in [0.2, 0.25) is 11.0 Å². The van der Waals surface area contributed by atoms with E-state index in [0.717, 1.165) is 5.56 Å². The Morgan fingerprint density at radius 3 is 2.68 bits per heavy atom. The zero-order chi connectivity index (χ0) is 13.8. The van der Waals surface area contributed by atoms with Crippen LogP contribution in [0.5, 0.6) is 11.5 Å². The number of hydrogen-bond acceptors (Lipinski definition) is 6. The number of nitrogens with one attached hydrogen (secondary N) is 1. The minimum Gasteiger partial charge on any atom is -0.497 e. The number of amides is 1. The number of hydrogen-bond donors (Lipinski definition) is 1. The third kappa shape index (κ3) is 3.00. The smallest absolute Gasteiger partial charge is 0.223 e.